The van der Waals surface area contributed by atoms with E-state index in [0.29, 0.717) is 16.7 Å². The summed E-state index contributed by atoms with van der Waals surface area (Å²) in [5.74, 6) is 0.771. The first-order valence-electron chi connectivity index (χ1n) is 6.53. The van der Waals surface area contributed by atoms with Crippen LogP contribution in [0.4, 0.5) is 0 Å². The standard InChI is InChI=1S/C16H13NO4S/c1-20-14-10-11-17-16-13(14)8-5-9-15(16)21-22(18,19)12-6-3-2-4-7-12/h2-11H,1H3. The van der Waals surface area contributed by atoms with Crippen LogP contribution >= 0.6 is 0 Å². The summed E-state index contributed by atoms with van der Waals surface area (Å²) in [6.07, 6.45) is 1.54. The molecule has 0 fully saturated rings. The minimum absolute atomic E-state index is 0.0925. The Balaban J connectivity index is 2.09. The zero-order chi connectivity index (χ0) is 15.6. The molecule has 0 unspecified atom stereocenters. The molecule has 0 N–H and O–H groups in total. The molecule has 0 saturated heterocycles. The maximum Gasteiger partial charge on any atom is 0.339 e. The molecule has 1 heterocycles. The highest BCUT2D eigenvalue weighted by Crippen LogP contribution is 2.31. The average molecular weight is 315 g/mol. The van der Waals surface area contributed by atoms with Crippen molar-refractivity contribution < 1.29 is 17.3 Å². The third-order valence-electron chi connectivity index (χ3n) is 3.15. The minimum atomic E-state index is -3.91. The number of benzene rings is 2. The predicted molar refractivity (Wildman–Crippen MR) is 82.6 cm³/mol. The number of aromatic nitrogens is 1. The van der Waals surface area contributed by atoms with Gasteiger partial charge in [-0.3, -0.25) is 4.98 Å². The van der Waals surface area contributed by atoms with Crippen LogP contribution in [0.3, 0.4) is 0 Å². The maximum atomic E-state index is 12.3. The Bertz CT molecular complexity index is 908. The summed E-state index contributed by atoms with van der Waals surface area (Å²) in [6, 6.07) is 14.7. The fourth-order valence-corrected chi connectivity index (χ4v) is 3.08. The second-order valence-electron chi connectivity index (χ2n) is 4.52. The predicted octanol–water partition coefficient (Wildman–Crippen LogP) is 3.01. The molecule has 0 atom stereocenters. The zero-order valence-corrected chi connectivity index (χ0v) is 12.6. The number of rotatable bonds is 4. The van der Waals surface area contributed by atoms with Crippen LogP contribution in [0.2, 0.25) is 0 Å². The van der Waals surface area contributed by atoms with Gasteiger partial charge in [0.1, 0.15) is 16.2 Å². The van der Waals surface area contributed by atoms with Crippen molar-refractivity contribution in [2.24, 2.45) is 0 Å². The molecule has 0 spiro atoms. The van der Waals surface area contributed by atoms with E-state index in [1.807, 2.05) is 0 Å². The molecule has 0 bridgehead atoms. The van der Waals surface area contributed by atoms with Gasteiger partial charge in [-0.2, -0.15) is 8.42 Å². The monoisotopic (exact) mass is 315 g/mol. The van der Waals surface area contributed by atoms with Gasteiger partial charge in [-0.1, -0.05) is 24.3 Å². The van der Waals surface area contributed by atoms with Gasteiger partial charge in [-0.25, -0.2) is 0 Å². The summed E-state index contributed by atoms with van der Waals surface area (Å²) < 4.78 is 35.1. The van der Waals surface area contributed by atoms with Gasteiger partial charge in [0.15, 0.2) is 5.75 Å². The number of hydrogen-bond acceptors (Lipinski definition) is 5. The van der Waals surface area contributed by atoms with Gasteiger partial charge in [-0.05, 0) is 30.3 Å². The van der Waals surface area contributed by atoms with Crippen LogP contribution in [0.1, 0.15) is 0 Å². The molecule has 5 nitrogen and oxygen atoms in total. The van der Waals surface area contributed by atoms with Crippen molar-refractivity contribution in [2.45, 2.75) is 4.90 Å². The number of ether oxygens (including phenoxy) is 1. The first kappa shape index (κ1) is 14.3. The molecule has 0 aliphatic rings. The van der Waals surface area contributed by atoms with Gasteiger partial charge in [0.25, 0.3) is 0 Å². The van der Waals surface area contributed by atoms with E-state index in [1.165, 1.54) is 12.1 Å². The van der Waals surface area contributed by atoms with E-state index in [4.69, 9.17) is 8.92 Å². The smallest absolute Gasteiger partial charge is 0.339 e. The third kappa shape index (κ3) is 2.60. The molecule has 3 aromatic rings. The van der Waals surface area contributed by atoms with E-state index in [-0.39, 0.29) is 10.6 Å². The van der Waals surface area contributed by atoms with Crippen molar-refractivity contribution in [1.82, 2.24) is 4.98 Å². The molecule has 0 aliphatic carbocycles. The van der Waals surface area contributed by atoms with Crippen molar-refractivity contribution >= 4 is 21.0 Å². The van der Waals surface area contributed by atoms with E-state index in [1.54, 1.807) is 55.8 Å². The average Bonchev–Trinajstić information content (AvgIpc) is 2.55. The van der Waals surface area contributed by atoms with Crippen LogP contribution in [0, 0.1) is 0 Å². The summed E-state index contributed by atoms with van der Waals surface area (Å²) in [5, 5.41) is 0.686. The fourth-order valence-electron chi connectivity index (χ4n) is 2.12. The Hall–Kier alpha value is -2.60. The highest BCUT2D eigenvalue weighted by molar-refractivity contribution is 7.87. The number of fused-ring (bicyclic) bond motifs is 1. The molecular formula is C16H13NO4S. The molecular weight excluding hydrogens is 302 g/mol. The van der Waals surface area contributed by atoms with E-state index < -0.39 is 10.1 Å². The Morgan fingerprint density at radius 2 is 1.68 bits per heavy atom. The maximum absolute atomic E-state index is 12.3. The number of para-hydroxylation sites is 1. The summed E-state index contributed by atoms with van der Waals surface area (Å²) >= 11 is 0. The van der Waals surface area contributed by atoms with Crippen molar-refractivity contribution in [3.05, 3.63) is 60.8 Å². The van der Waals surface area contributed by atoms with Gasteiger partial charge < -0.3 is 8.92 Å². The van der Waals surface area contributed by atoms with Crippen molar-refractivity contribution in [3.63, 3.8) is 0 Å². The third-order valence-corrected chi connectivity index (χ3v) is 4.39. The lowest BCUT2D eigenvalue weighted by Crippen LogP contribution is -2.10. The molecule has 3 rings (SSSR count). The quantitative estimate of drug-likeness (QED) is 0.692. The Morgan fingerprint density at radius 3 is 2.41 bits per heavy atom. The van der Waals surface area contributed by atoms with Gasteiger partial charge in [0.05, 0.1) is 7.11 Å². The molecule has 1 aromatic heterocycles. The Morgan fingerprint density at radius 1 is 0.909 bits per heavy atom. The van der Waals surface area contributed by atoms with E-state index in [0.717, 1.165) is 0 Å². The highest BCUT2D eigenvalue weighted by Gasteiger charge is 2.18. The summed E-state index contributed by atoms with van der Waals surface area (Å²) in [5.41, 5.74) is 0.432. The molecule has 22 heavy (non-hydrogen) atoms. The number of hydrogen-bond donors (Lipinski definition) is 0. The summed E-state index contributed by atoms with van der Waals surface area (Å²) in [4.78, 5) is 4.29. The number of nitrogens with zero attached hydrogens (tertiary/aromatic N) is 1. The second kappa shape index (κ2) is 5.65. The first-order valence-corrected chi connectivity index (χ1v) is 7.94. The largest absolute Gasteiger partial charge is 0.496 e. The molecule has 0 saturated carbocycles. The first-order chi connectivity index (χ1) is 10.6. The topological polar surface area (TPSA) is 65.5 Å². The van der Waals surface area contributed by atoms with E-state index >= 15 is 0 Å². The van der Waals surface area contributed by atoms with Crippen LogP contribution < -0.4 is 8.92 Å². The van der Waals surface area contributed by atoms with Gasteiger partial charge in [0, 0.05) is 11.6 Å². The summed E-state index contributed by atoms with van der Waals surface area (Å²) in [7, 11) is -2.36. The molecule has 0 aliphatic heterocycles. The van der Waals surface area contributed by atoms with Crippen LogP contribution in [-0.4, -0.2) is 20.5 Å². The lowest BCUT2D eigenvalue weighted by Gasteiger charge is -2.10. The molecule has 2 aromatic carbocycles. The highest BCUT2D eigenvalue weighted by atomic mass is 32.2. The van der Waals surface area contributed by atoms with Crippen LogP contribution in [0.5, 0.6) is 11.5 Å². The van der Waals surface area contributed by atoms with Crippen LogP contribution in [0.15, 0.2) is 65.7 Å². The molecule has 0 amide bonds. The number of methoxy groups -OCH3 is 1. The lowest BCUT2D eigenvalue weighted by atomic mass is 10.2. The van der Waals surface area contributed by atoms with Crippen molar-refractivity contribution in [1.29, 1.82) is 0 Å². The zero-order valence-electron chi connectivity index (χ0n) is 11.8. The van der Waals surface area contributed by atoms with E-state index in [2.05, 4.69) is 4.98 Å². The Kier molecular flexibility index (Phi) is 3.68. The van der Waals surface area contributed by atoms with Crippen LogP contribution in [0.25, 0.3) is 10.9 Å². The van der Waals surface area contributed by atoms with Crippen LogP contribution in [-0.2, 0) is 10.1 Å². The lowest BCUT2D eigenvalue weighted by molar-refractivity contribution is 0.419. The normalized spacial score (nSPS) is 11.3. The SMILES string of the molecule is COc1ccnc2c(OS(=O)(=O)c3ccccc3)cccc12. The minimum Gasteiger partial charge on any atom is -0.496 e. The van der Waals surface area contributed by atoms with Gasteiger partial charge >= 0.3 is 10.1 Å². The van der Waals surface area contributed by atoms with Gasteiger partial charge in [0.2, 0.25) is 0 Å². The second-order valence-corrected chi connectivity index (χ2v) is 6.06. The Labute approximate surface area is 128 Å². The van der Waals surface area contributed by atoms with Gasteiger partial charge in [-0.15, -0.1) is 0 Å². The summed E-state index contributed by atoms with van der Waals surface area (Å²) in [6.45, 7) is 0. The van der Waals surface area contributed by atoms with Crippen molar-refractivity contribution in [3.8, 4) is 11.5 Å². The molecule has 112 valence electrons. The van der Waals surface area contributed by atoms with Crippen molar-refractivity contribution in [2.75, 3.05) is 7.11 Å². The molecule has 6 heteroatoms. The number of pyridine rings is 1. The fraction of sp³-hybridized carbons (Fsp3) is 0.0625. The van der Waals surface area contributed by atoms with E-state index in [9.17, 15) is 8.42 Å². The molecule has 0 radical (unpaired) electrons.